The van der Waals surface area contributed by atoms with Gasteiger partial charge in [-0.2, -0.15) is 10.2 Å². The summed E-state index contributed by atoms with van der Waals surface area (Å²) >= 11 is 0. The third-order valence-electron chi connectivity index (χ3n) is 2.44. The quantitative estimate of drug-likeness (QED) is 0.655. The van der Waals surface area contributed by atoms with Crippen molar-refractivity contribution in [2.45, 2.75) is 0 Å². The summed E-state index contributed by atoms with van der Waals surface area (Å²) in [5.41, 5.74) is 1.75. The Bertz CT molecular complexity index is 601. The van der Waals surface area contributed by atoms with E-state index in [4.69, 9.17) is 0 Å². The Balaban J connectivity index is 1.91. The van der Waals surface area contributed by atoms with Gasteiger partial charge >= 0.3 is 0 Å². The summed E-state index contributed by atoms with van der Waals surface area (Å²) in [5.74, 6) is 0.196. The summed E-state index contributed by atoms with van der Waals surface area (Å²) in [5, 5.41) is 17.2. The summed E-state index contributed by atoms with van der Waals surface area (Å²) in [6.07, 6.45) is 6.88. The highest BCUT2D eigenvalue weighted by Gasteiger charge is 1.93. The van der Waals surface area contributed by atoms with Crippen LogP contribution in [0.3, 0.4) is 0 Å². The van der Waals surface area contributed by atoms with Crippen molar-refractivity contribution in [2.24, 2.45) is 10.2 Å². The van der Waals surface area contributed by atoms with Gasteiger partial charge in [0.15, 0.2) is 0 Å². The van der Waals surface area contributed by atoms with Gasteiger partial charge in [0.05, 0.1) is 6.21 Å². The SMILES string of the molecule is Oc1ccccc1/C=N/N=CC=Cc1ccccc1. The molecule has 0 heterocycles. The number of phenolic OH excluding ortho intramolecular Hbond substituents is 1. The number of hydrogen-bond acceptors (Lipinski definition) is 3. The largest absolute Gasteiger partial charge is 0.507 e. The van der Waals surface area contributed by atoms with Gasteiger partial charge < -0.3 is 5.11 Å². The van der Waals surface area contributed by atoms with Gasteiger partial charge in [0.2, 0.25) is 0 Å². The molecule has 0 aliphatic heterocycles. The molecule has 0 spiro atoms. The van der Waals surface area contributed by atoms with Crippen molar-refractivity contribution >= 4 is 18.5 Å². The molecule has 0 radical (unpaired) electrons. The fourth-order valence-corrected chi connectivity index (χ4v) is 1.49. The zero-order chi connectivity index (χ0) is 13.3. The van der Waals surface area contributed by atoms with E-state index in [2.05, 4.69) is 10.2 Å². The molecule has 0 amide bonds. The minimum atomic E-state index is 0.196. The summed E-state index contributed by atoms with van der Waals surface area (Å²) in [4.78, 5) is 0. The average molecular weight is 250 g/mol. The van der Waals surface area contributed by atoms with Gasteiger partial charge in [0.25, 0.3) is 0 Å². The number of hydrogen-bond donors (Lipinski definition) is 1. The molecular weight excluding hydrogens is 236 g/mol. The van der Waals surface area contributed by atoms with Crippen LogP contribution in [0.15, 0.2) is 70.9 Å². The molecule has 0 saturated heterocycles. The van der Waals surface area contributed by atoms with Crippen LogP contribution in [0.4, 0.5) is 0 Å². The first kappa shape index (κ1) is 12.8. The van der Waals surface area contributed by atoms with Crippen LogP contribution in [-0.2, 0) is 0 Å². The lowest BCUT2D eigenvalue weighted by molar-refractivity contribution is 0.474. The highest BCUT2D eigenvalue weighted by Crippen LogP contribution is 2.12. The summed E-state index contributed by atoms with van der Waals surface area (Å²) in [6, 6.07) is 16.9. The van der Waals surface area contributed by atoms with Crippen molar-refractivity contribution in [2.75, 3.05) is 0 Å². The first-order valence-corrected chi connectivity index (χ1v) is 5.92. The van der Waals surface area contributed by atoms with Crippen LogP contribution in [-0.4, -0.2) is 17.5 Å². The van der Waals surface area contributed by atoms with Crippen LogP contribution < -0.4 is 0 Å². The van der Waals surface area contributed by atoms with Gasteiger partial charge in [-0.05, 0) is 23.8 Å². The molecule has 0 unspecified atom stereocenters. The number of rotatable bonds is 4. The second-order valence-electron chi connectivity index (χ2n) is 3.84. The molecule has 2 aromatic rings. The van der Waals surface area contributed by atoms with Gasteiger partial charge in [-0.3, -0.25) is 0 Å². The van der Waals surface area contributed by atoms with Crippen molar-refractivity contribution in [1.82, 2.24) is 0 Å². The first-order valence-electron chi connectivity index (χ1n) is 5.92. The Morgan fingerprint density at radius 2 is 1.58 bits per heavy atom. The maximum atomic E-state index is 9.50. The van der Waals surface area contributed by atoms with E-state index in [1.165, 1.54) is 6.21 Å². The number of para-hydroxylation sites is 1. The van der Waals surface area contributed by atoms with Gasteiger partial charge in [0, 0.05) is 11.8 Å². The van der Waals surface area contributed by atoms with Crippen LogP contribution in [0.2, 0.25) is 0 Å². The van der Waals surface area contributed by atoms with Crippen LogP contribution in [0, 0.1) is 0 Å². The fraction of sp³-hybridized carbons (Fsp3) is 0. The summed E-state index contributed by atoms with van der Waals surface area (Å²) < 4.78 is 0. The first-order chi connectivity index (χ1) is 9.36. The van der Waals surface area contributed by atoms with Crippen molar-refractivity contribution in [3.05, 3.63) is 71.8 Å². The second kappa shape index (κ2) is 6.91. The van der Waals surface area contributed by atoms with Gasteiger partial charge in [-0.25, -0.2) is 0 Å². The molecule has 0 atom stereocenters. The molecule has 1 N–H and O–H groups in total. The number of aromatic hydroxyl groups is 1. The van der Waals surface area contributed by atoms with E-state index in [0.29, 0.717) is 5.56 Å². The Labute approximate surface area is 112 Å². The molecule has 0 fully saturated rings. The monoisotopic (exact) mass is 250 g/mol. The maximum Gasteiger partial charge on any atom is 0.124 e. The van der Waals surface area contributed by atoms with Crippen molar-refractivity contribution in [3.63, 3.8) is 0 Å². The molecule has 3 heteroatoms. The number of allylic oxidation sites excluding steroid dienone is 1. The van der Waals surface area contributed by atoms with Crippen LogP contribution in [0.1, 0.15) is 11.1 Å². The maximum absolute atomic E-state index is 9.50. The van der Waals surface area contributed by atoms with Gasteiger partial charge in [-0.1, -0.05) is 48.5 Å². The predicted octanol–water partition coefficient (Wildman–Crippen LogP) is 3.51. The van der Waals surface area contributed by atoms with Crippen LogP contribution in [0.25, 0.3) is 6.08 Å². The lowest BCUT2D eigenvalue weighted by Gasteiger charge is -1.94. The van der Waals surface area contributed by atoms with Gasteiger partial charge in [-0.15, -0.1) is 0 Å². The fourth-order valence-electron chi connectivity index (χ4n) is 1.49. The minimum absolute atomic E-state index is 0.196. The summed E-state index contributed by atoms with van der Waals surface area (Å²) in [7, 11) is 0. The molecule has 2 aromatic carbocycles. The molecule has 0 aliphatic carbocycles. The van der Waals surface area contributed by atoms with E-state index in [9.17, 15) is 5.11 Å². The predicted molar refractivity (Wildman–Crippen MR) is 79.7 cm³/mol. The van der Waals surface area contributed by atoms with Gasteiger partial charge in [0.1, 0.15) is 5.75 Å². The van der Waals surface area contributed by atoms with E-state index in [1.807, 2.05) is 48.6 Å². The molecular formula is C16H14N2O. The minimum Gasteiger partial charge on any atom is -0.507 e. The number of nitrogens with zero attached hydrogens (tertiary/aromatic N) is 2. The molecule has 0 saturated carbocycles. The Morgan fingerprint density at radius 1 is 0.842 bits per heavy atom. The molecule has 0 aromatic heterocycles. The van der Waals surface area contributed by atoms with Crippen molar-refractivity contribution in [1.29, 1.82) is 0 Å². The van der Waals surface area contributed by atoms with E-state index in [0.717, 1.165) is 5.56 Å². The van der Waals surface area contributed by atoms with Crippen molar-refractivity contribution < 1.29 is 5.11 Å². The molecule has 0 aliphatic rings. The molecule has 94 valence electrons. The third-order valence-corrected chi connectivity index (χ3v) is 2.44. The van der Waals surface area contributed by atoms with E-state index in [-0.39, 0.29) is 5.75 Å². The second-order valence-corrected chi connectivity index (χ2v) is 3.84. The zero-order valence-electron chi connectivity index (χ0n) is 10.3. The topological polar surface area (TPSA) is 45.0 Å². The average Bonchev–Trinajstić information content (AvgIpc) is 2.45. The van der Waals surface area contributed by atoms with Crippen LogP contribution in [0.5, 0.6) is 5.75 Å². The highest BCUT2D eigenvalue weighted by atomic mass is 16.3. The molecule has 2 rings (SSSR count). The number of phenols is 1. The Hall–Kier alpha value is -2.68. The standard InChI is InChI=1S/C16H14N2O/c19-16-11-5-4-10-15(16)13-18-17-12-6-9-14-7-2-1-3-8-14/h1-13,19H/b9-6?,17-12?,18-13+. The lowest BCUT2D eigenvalue weighted by atomic mass is 10.2. The zero-order valence-corrected chi connectivity index (χ0v) is 10.3. The van der Waals surface area contributed by atoms with E-state index >= 15 is 0 Å². The highest BCUT2D eigenvalue weighted by molar-refractivity contribution is 5.84. The van der Waals surface area contributed by atoms with Crippen molar-refractivity contribution in [3.8, 4) is 5.75 Å². The van der Waals surface area contributed by atoms with Crippen LogP contribution >= 0.6 is 0 Å². The Kier molecular flexibility index (Phi) is 4.64. The number of benzene rings is 2. The Morgan fingerprint density at radius 3 is 2.37 bits per heavy atom. The molecule has 19 heavy (non-hydrogen) atoms. The smallest absolute Gasteiger partial charge is 0.124 e. The summed E-state index contributed by atoms with van der Waals surface area (Å²) in [6.45, 7) is 0. The van der Waals surface area contributed by atoms with E-state index in [1.54, 1.807) is 24.4 Å². The van der Waals surface area contributed by atoms with E-state index < -0.39 is 0 Å². The third kappa shape index (κ3) is 4.24. The lowest BCUT2D eigenvalue weighted by Crippen LogP contribution is -1.80. The normalized spacial score (nSPS) is 11.8. The molecule has 3 nitrogen and oxygen atoms in total. The molecule has 0 bridgehead atoms.